The summed E-state index contributed by atoms with van der Waals surface area (Å²) < 4.78 is 0. The lowest BCUT2D eigenvalue weighted by Crippen LogP contribution is -2.38. The van der Waals surface area contributed by atoms with E-state index in [2.05, 4.69) is 25.8 Å². The number of hydrogen-bond donors (Lipinski definition) is 1. The maximum absolute atomic E-state index is 5.88. The first-order valence-corrected chi connectivity index (χ1v) is 5.03. The minimum Gasteiger partial charge on any atom is -0.330 e. The van der Waals surface area contributed by atoms with Gasteiger partial charge in [-0.15, -0.1) is 0 Å². The molecule has 2 heteroatoms. The minimum absolute atomic E-state index is 0.420. The highest BCUT2D eigenvalue weighted by Crippen LogP contribution is 2.37. The van der Waals surface area contributed by atoms with E-state index in [4.69, 9.17) is 5.73 Å². The molecular weight excluding hydrogens is 148 g/mol. The topological polar surface area (TPSA) is 29.3 Å². The number of hydrogen-bond acceptors (Lipinski definition) is 2. The molecule has 1 rings (SSSR count). The van der Waals surface area contributed by atoms with Gasteiger partial charge in [-0.3, -0.25) is 0 Å². The summed E-state index contributed by atoms with van der Waals surface area (Å²) in [5.41, 5.74) is 6.30. The molecule has 72 valence electrons. The third kappa shape index (κ3) is 1.64. The molecule has 0 aliphatic carbocycles. The molecule has 1 saturated heterocycles. The number of likely N-dealkylation sites (tertiary alicyclic amines) is 1. The summed E-state index contributed by atoms with van der Waals surface area (Å²) in [5.74, 6) is 0.771. The maximum atomic E-state index is 5.88. The van der Waals surface area contributed by atoms with Crippen molar-refractivity contribution < 1.29 is 0 Å². The Bertz CT molecular complexity index is 147. The summed E-state index contributed by atoms with van der Waals surface area (Å²) in [4.78, 5) is 2.40. The molecule has 2 atom stereocenters. The zero-order valence-corrected chi connectivity index (χ0v) is 8.64. The zero-order valence-electron chi connectivity index (χ0n) is 8.64. The Hall–Kier alpha value is -0.0800. The third-order valence-electron chi connectivity index (χ3n) is 3.64. The molecule has 0 aromatic carbocycles. The highest BCUT2D eigenvalue weighted by atomic mass is 15.1. The molecule has 0 amide bonds. The molecule has 1 aliphatic heterocycles. The summed E-state index contributed by atoms with van der Waals surface area (Å²) in [5, 5.41) is 0. The van der Waals surface area contributed by atoms with E-state index in [-0.39, 0.29) is 0 Å². The van der Waals surface area contributed by atoms with E-state index in [9.17, 15) is 0 Å². The van der Waals surface area contributed by atoms with Crippen molar-refractivity contribution in [3.8, 4) is 0 Å². The molecule has 0 spiro atoms. The second kappa shape index (κ2) is 3.75. The first kappa shape index (κ1) is 10.0. The van der Waals surface area contributed by atoms with Gasteiger partial charge in [0.1, 0.15) is 0 Å². The van der Waals surface area contributed by atoms with E-state index >= 15 is 0 Å². The van der Waals surface area contributed by atoms with E-state index in [1.165, 1.54) is 25.9 Å². The second-order valence-electron chi connectivity index (χ2n) is 4.36. The fourth-order valence-corrected chi connectivity index (χ4v) is 2.31. The van der Waals surface area contributed by atoms with Gasteiger partial charge < -0.3 is 10.6 Å². The van der Waals surface area contributed by atoms with Crippen molar-refractivity contribution in [2.24, 2.45) is 17.1 Å². The van der Waals surface area contributed by atoms with Crippen LogP contribution in [0, 0.1) is 11.3 Å². The van der Waals surface area contributed by atoms with E-state index in [0.717, 1.165) is 12.5 Å². The van der Waals surface area contributed by atoms with Crippen LogP contribution in [-0.2, 0) is 0 Å². The molecule has 2 N–H and O–H groups in total. The van der Waals surface area contributed by atoms with Crippen molar-refractivity contribution in [1.29, 1.82) is 0 Å². The Kier molecular flexibility index (Phi) is 3.13. The SMILES string of the molecule is CCC(C)C1(CN)CCN(C)C1. The Morgan fingerprint density at radius 2 is 2.25 bits per heavy atom. The monoisotopic (exact) mass is 170 g/mol. The Morgan fingerprint density at radius 3 is 2.58 bits per heavy atom. The molecular formula is C10H22N2. The molecule has 0 bridgehead atoms. The molecule has 2 nitrogen and oxygen atoms in total. The maximum Gasteiger partial charge on any atom is 0.00501 e. The average Bonchev–Trinajstić information content (AvgIpc) is 2.47. The largest absolute Gasteiger partial charge is 0.330 e. The van der Waals surface area contributed by atoms with E-state index in [1.54, 1.807) is 0 Å². The Balaban J connectivity index is 2.63. The first-order chi connectivity index (χ1) is 5.64. The van der Waals surface area contributed by atoms with Crippen LogP contribution < -0.4 is 5.73 Å². The van der Waals surface area contributed by atoms with Crippen LogP contribution in [0.25, 0.3) is 0 Å². The van der Waals surface area contributed by atoms with E-state index < -0.39 is 0 Å². The number of nitrogens with two attached hydrogens (primary N) is 1. The van der Waals surface area contributed by atoms with Crippen molar-refractivity contribution in [2.45, 2.75) is 26.7 Å². The molecule has 0 aromatic heterocycles. The lowest BCUT2D eigenvalue weighted by Gasteiger charge is -2.33. The molecule has 0 aromatic rings. The van der Waals surface area contributed by atoms with Gasteiger partial charge in [0.2, 0.25) is 0 Å². The summed E-state index contributed by atoms with van der Waals surface area (Å²) >= 11 is 0. The Morgan fingerprint density at radius 1 is 1.58 bits per heavy atom. The predicted molar refractivity (Wildman–Crippen MR) is 53.1 cm³/mol. The standard InChI is InChI=1S/C10H22N2/c1-4-9(2)10(7-11)5-6-12(3)8-10/h9H,4-8,11H2,1-3H3. The number of nitrogens with zero attached hydrogens (tertiary/aromatic N) is 1. The lowest BCUT2D eigenvalue weighted by atomic mass is 9.74. The molecule has 1 fully saturated rings. The van der Waals surface area contributed by atoms with Crippen LogP contribution in [0.3, 0.4) is 0 Å². The Labute approximate surface area is 76.1 Å². The molecule has 1 aliphatic rings. The molecule has 0 radical (unpaired) electrons. The summed E-state index contributed by atoms with van der Waals surface area (Å²) in [6, 6.07) is 0. The highest BCUT2D eigenvalue weighted by molar-refractivity contribution is 4.92. The average molecular weight is 170 g/mol. The van der Waals surface area contributed by atoms with E-state index in [0.29, 0.717) is 5.41 Å². The van der Waals surface area contributed by atoms with Gasteiger partial charge in [-0.2, -0.15) is 0 Å². The van der Waals surface area contributed by atoms with Gasteiger partial charge in [-0.25, -0.2) is 0 Å². The van der Waals surface area contributed by atoms with Crippen molar-refractivity contribution in [2.75, 3.05) is 26.7 Å². The summed E-state index contributed by atoms with van der Waals surface area (Å²) in [7, 11) is 2.19. The normalized spacial score (nSPS) is 34.0. The molecule has 2 unspecified atom stereocenters. The second-order valence-corrected chi connectivity index (χ2v) is 4.36. The van der Waals surface area contributed by atoms with Crippen molar-refractivity contribution in [1.82, 2.24) is 4.90 Å². The summed E-state index contributed by atoms with van der Waals surface area (Å²) in [6.45, 7) is 7.87. The fraction of sp³-hybridized carbons (Fsp3) is 1.00. The fourth-order valence-electron chi connectivity index (χ4n) is 2.31. The molecule has 0 saturated carbocycles. The first-order valence-electron chi connectivity index (χ1n) is 5.03. The van der Waals surface area contributed by atoms with Gasteiger partial charge in [-0.1, -0.05) is 20.3 Å². The van der Waals surface area contributed by atoms with Crippen LogP contribution in [0.2, 0.25) is 0 Å². The van der Waals surface area contributed by atoms with Gasteiger partial charge >= 0.3 is 0 Å². The smallest absolute Gasteiger partial charge is 0.00501 e. The van der Waals surface area contributed by atoms with Gasteiger partial charge in [0, 0.05) is 6.54 Å². The molecule has 12 heavy (non-hydrogen) atoms. The van der Waals surface area contributed by atoms with Crippen molar-refractivity contribution in [3.63, 3.8) is 0 Å². The molecule has 1 heterocycles. The van der Waals surface area contributed by atoms with Gasteiger partial charge in [-0.05, 0) is 37.9 Å². The van der Waals surface area contributed by atoms with Crippen molar-refractivity contribution in [3.05, 3.63) is 0 Å². The van der Waals surface area contributed by atoms with Crippen LogP contribution in [0.5, 0.6) is 0 Å². The highest BCUT2D eigenvalue weighted by Gasteiger charge is 2.39. The van der Waals surface area contributed by atoms with Crippen LogP contribution in [0.15, 0.2) is 0 Å². The van der Waals surface area contributed by atoms with Crippen LogP contribution >= 0.6 is 0 Å². The van der Waals surface area contributed by atoms with Gasteiger partial charge in [0.05, 0.1) is 0 Å². The van der Waals surface area contributed by atoms with Gasteiger partial charge in [0.15, 0.2) is 0 Å². The quantitative estimate of drug-likeness (QED) is 0.692. The zero-order chi connectivity index (χ0) is 9.19. The van der Waals surface area contributed by atoms with Crippen LogP contribution in [-0.4, -0.2) is 31.6 Å². The van der Waals surface area contributed by atoms with Crippen LogP contribution in [0.1, 0.15) is 26.7 Å². The van der Waals surface area contributed by atoms with Gasteiger partial charge in [0.25, 0.3) is 0 Å². The minimum atomic E-state index is 0.420. The lowest BCUT2D eigenvalue weighted by molar-refractivity contribution is 0.185. The predicted octanol–water partition coefficient (Wildman–Crippen LogP) is 1.31. The van der Waals surface area contributed by atoms with Crippen LogP contribution in [0.4, 0.5) is 0 Å². The van der Waals surface area contributed by atoms with E-state index in [1.807, 2.05) is 0 Å². The van der Waals surface area contributed by atoms with Crippen molar-refractivity contribution >= 4 is 0 Å². The third-order valence-corrected chi connectivity index (χ3v) is 3.64. The summed E-state index contributed by atoms with van der Waals surface area (Å²) in [6.07, 6.45) is 2.54. The number of rotatable bonds is 3.